The molecule has 0 saturated carbocycles. The zero-order valence-corrected chi connectivity index (χ0v) is 11.5. The first-order chi connectivity index (χ1) is 9.63. The Morgan fingerprint density at radius 1 is 1.25 bits per heavy atom. The lowest BCUT2D eigenvalue weighted by Crippen LogP contribution is -2.12. The number of aryl methyl sites for hydroxylation is 2. The summed E-state index contributed by atoms with van der Waals surface area (Å²) in [6.07, 6.45) is 2.34. The lowest BCUT2D eigenvalue weighted by atomic mass is 9.99. The summed E-state index contributed by atoms with van der Waals surface area (Å²) in [7, 11) is 0. The SMILES string of the molecule is Cc1ccc(C(N)c2ccc3c(c2)CCCC(=O)N3)o1. The zero-order chi connectivity index (χ0) is 14.1. The van der Waals surface area contributed by atoms with Gasteiger partial charge in [0.15, 0.2) is 0 Å². The topological polar surface area (TPSA) is 68.3 Å². The molecule has 1 aromatic heterocycles. The quantitative estimate of drug-likeness (QED) is 0.881. The van der Waals surface area contributed by atoms with Crippen molar-refractivity contribution in [2.75, 3.05) is 5.32 Å². The molecule has 0 saturated heterocycles. The van der Waals surface area contributed by atoms with E-state index in [1.165, 1.54) is 0 Å². The number of hydrogen-bond donors (Lipinski definition) is 2. The summed E-state index contributed by atoms with van der Waals surface area (Å²) in [6.45, 7) is 1.91. The van der Waals surface area contributed by atoms with E-state index < -0.39 is 0 Å². The van der Waals surface area contributed by atoms with Crippen molar-refractivity contribution in [3.63, 3.8) is 0 Å². The highest BCUT2D eigenvalue weighted by molar-refractivity contribution is 5.92. The van der Waals surface area contributed by atoms with E-state index >= 15 is 0 Å². The Bertz CT molecular complexity index is 646. The minimum absolute atomic E-state index is 0.0856. The molecule has 1 aliphatic heterocycles. The van der Waals surface area contributed by atoms with Gasteiger partial charge in [0.2, 0.25) is 5.91 Å². The predicted molar refractivity (Wildman–Crippen MR) is 77.5 cm³/mol. The third-order valence-corrected chi connectivity index (χ3v) is 3.68. The van der Waals surface area contributed by atoms with Crippen molar-refractivity contribution in [2.24, 2.45) is 5.73 Å². The number of nitrogens with one attached hydrogen (secondary N) is 1. The van der Waals surface area contributed by atoms with Crippen molar-refractivity contribution < 1.29 is 9.21 Å². The first-order valence-electron chi connectivity index (χ1n) is 6.88. The van der Waals surface area contributed by atoms with Crippen LogP contribution in [0.3, 0.4) is 0 Å². The van der Waals surface area contributed by atoms with E-state index in [2.05, 4.69) is 11.4 Å². The maximum atomic E-state index is 11.5. The summed E-state index contributed by atoms with van der Waals surface area (Å²) >= 11 is 0. The molecule has 20 heavy (non-hydrogen) atoms. The van der Waals surface area contributed by atoms with E-state index in [-0.39, 0.29) is 11.9 Å². The Balaban J connectivity index is 1.92. The van der Waals surface area contributed by atoms with Gasteiger partial charge in [-0.05, 0) is 49.1 Å². The molecule has 1 unspecified atom stereocenters. The van der Waals surface area contributed by atoms with Crippen LogP contribution in [0.4, 0.5) is 5.69 Å². The van der Waals surface area contributed by atoms with Crippen molar-refractivity contribution in [3.05, 3.63) is 53.0 Å². The number of rotatable bonds is 2. The molecule has 2 aromatic rings. The summed E-state index contributed by atoms with van der Waals surface area (Å²) in [5.41, 5.74) is 9.30. The highest BCUT2D eigenvalue weighted by Crippen LogP contribution is 2.28. The van der Waals surface area contributed by atoms with Crippen LogP contribution < -0.4 is 11.1 Å². The van der Waals surface area contributed by atoms with Gasteiger partial charge in [0, 0.05) is 12.1 Å². The standard InChI is InChI=1S/C16H18N2O2/c1-10-5-8-14(20-10)16(17)12-6-7-13-11(9-12)3-2-4-15(19)18-13/h5-9,16H,2-4,17H2,1H3,(H,18,19). The fourth-order valence-electron chi connectivity index (χ4n) is 2.57. The lowest BCUT2D eigenvalue weighted by Gasteiger charge is -2.13. The molecule has 1 aromatic carbocycles. The summed E-state index contributed by atoms with van der Waals surface area (Å²) < 4.78 is 5.59. The van der Waals surface area contributed by atoms with Crippen molar-refractivity contribution in [1.29, 1.82) is 0 Å². The van der Waals surface area contributed by atoms with Gasteiger partial charge in [-0.25, -0.2) is 0 Å². The number of furan rings is 1. The first kappa shape index (κ1) is 12.9. The number of fused-ring (bicyclic) bond motifs is 1. The summed E-state index contributed by atoms with van der Waals surface area (Å²) in [6, 6.07) is 9.51. The van der Waals surface area contributed by atoms with Crippen LogP contribution in [0.25, 0.3) is 0 Å². The summed E-state index contributed by atoms with van der Waals surface area (Å²) in [5.74, 6) is 1.71. The van der Waals surface area contributed by atoms with Gasteiger partial charge in [-0.15, -0.1) is 0 Å². The molecule has 3 rings (SSSR count). The van der Waals surface area contributed by atoms with Gasteiger partial charge in [-0.1, -0.05) is 12.1 Å². The number of carbonyl (C=O) groups excluding carboxylic acids is 1. The van der Waals surface area contributed by atoms with Gasteiger partial charge >= 0.3 is 0 Å². The Labute approximate surface area is 118 Å². The van der Waals surface area contributed by atoms with E-state index in [4.69, 9.17) is 10.2 Å². The van der Waals surface area contributed by atoms with Crippen LogP contribution in [0, 0.1) is 6.92 Å². The number of anilines is 1. The van der Waals surface area contributed by atoms with Crippen LogP contribution in [0.2, 0.25) is 0 Å². The van der Waals surface area contributed by atoms with Crippen molar-refractivity contribution in [3.8, 4) is 0 Å². The first-order valence-corrected chi connectivity index (χ1v) is 6.88. The smallest absolute Gasteiger partial charge is 0.224 e. The lowest BCUT2D eigenvalue weighted by molar-refractivity contribution is -0.116. The van der Waals surface area contributed by atoms with Crippen molar-refractivity contribution in [2.45, 2.75) is 32.2 Å². The van der Waals surface area contributed by atoms with Crippen molar-refractivity contribution in [1.82, 2.24) is 0 Å². The minimum Gasteiger partial charge on any atom is -0.464 e. The molecule has 0 fully saturated rings. The second-order valence-corrected chi connectivity index (χ2v) is 5.24. The summed E-state index contributed by atoms with van der Waals surface area (Å²) in [4.78, 5) is 11.5. The molecule has 0 radical (unpaired) electrons. The third kappa shape index (κ3) is 2.47. The second kappa shape index (κ2) is 5.13. The van der Waals surface area contributed by atoms with E-state index in [1.807, 2.05) is 31.2 Å². The summed E-state index contributed by atoms with van der Waals surface area (Å²) in [5, 5.41) is 2.93. The van der Waals surface area contributed by atoms with Gasteiger partial charge in [-0.2, -0.15) is 0 Å². The van der Waals surface area contributed by atoms with Crippen LogP contribution in [0.1, 0.15) is 41.5 Å². The molecule has 3 N–H and O–H groups in total. The maximum absolute atomic E-state index is 11.5. The molecule has 0 spiro atoms. The molecule has 2 heterocycles. The number of nitrogens with two attached hydrogens (primary N) is 1. The van der Waals surface area contributed by atoms with E-state index in [0.29, 0.717) is 6.42 Å². The zero-order valence-electron chi connectivity index (χ0n) is 11.5. The Morgan fingerprint density at radius 3 is 2.85 bits per heavy atom. The Kier molecular flexibility index (Phi) is 3.32. The van der Waals surface area contributed by atoms with Crippen LogP contribution in [0.5, 0.6) is 0 Å². The van der Waals surface area contributed by atoms with Gasteiger partial charge in [0.25, 0.3) is 0 Å². The van der Waals surface area contributed by atoms with Crippen LogP contribution in [-0.2, 0) is 11.2 Å². The van der Waals surface area contributed by atoms with E-state index in [0.717, 1.165) is 41.2 Å². The molecular formula is C16H18N2O2. The second-order valence-electron chi connectivity index (χ2n) is 5.24. The van der Waals surface area contributed by atoms with Crippen LogP contribution in [-0.4, -0.2) is 5.91 Å². The molecule has 1 atom stereocenters. The normalized spacial score (nSPS) is 16.2. The van der Waals surface area contributed by atoms with E-state index in [9.17, 15) is 4.79 Å². The van der Waals surface area contributed by atoms with Crippen LogP contribution >= 0.6 is 0 Å². The average molecular weight is 270 g/mol. The fraction of sp³-hybridized carbons (Fsp3) is 0.312. The minimum atomic E-state index is -0.270. The molecule has 0 aliphatic carbocycles. The van der Waals surface area contributed by atoms with Gasteiger partial charge in [0.05, 0.1) is 6.04 Å². The molecule has 1 aliphatic rings. The number of hydrogen-bond acceptors (Lipinski definition) is 3. The van der Waals surface area contributed by atoms with Crippen molar-refractivity contribution >= 4 is 11.6 Å². The molecule has 4 heteroatoms. The Hall–Kier alpha value is -2.07. The molecular weight excluding hydrogens is 252 g/mol. The number of amides is 1. The van der Waals surface area contributed by atoms with Gasteiger partial charge in [0.1, 0.15) is 11.5 Å². The highest BCUT2D eigenvalue weighted by atomic mass is 16.3. The molecule has 0 bridgehead atoms. The molecule has 1 amide bonds. The fourth-order valence-corrected chi connectivity index (χ4v) is 2.57. The van der Waals surface area contributed by atoms with Crippen LogP contribution in [0.15, 0.2) is 34.7 Å². The largest absolute Gasteiger partial charge is 0.464 e. The predicted octanol–water partition coefficient (Wildman–Crippen LogP) is 2.91. The third-order valence-electron chi connectivity index (χ3n) is 3.68. The van der Waals surface area contributed by atoms with Gasteiger partial charge < -0.3 is 15.5 Å². The van der Waals surface area contributed by atoms with Gasteiger partial charge in [-0.3, -0.25) is 4.79 Å². The monoisotopic (exact) mass is 270 g/mol. The number of benzene rings is 1. The maximum Gasteiger partial charge on any atom is 0.224 e. The highest BCUT2D eigenvalue weighted by Gasteiger charge is 2.17. The number of carbonyl (C=O) groups is 1. The Morgan fingerprint density at radius 2 is 2.10 bits per heavy atom. The average Bonchev–Trinajstić information content (AvgIpc) is 2.77. The molecule has 4 nitrogen and oxygen atoms in total. The van der Waals surface area contributed by atoms with E-state index in [1.54, 1.807) is 0 Å². The molecule has 104 valence electrons.